The molecule has 0 saturated heterocycles. The topological polar surface area (TPSA) is 74.3 Å². The molecule has 35 heavy (non-hydrogen) atoms. The number of aromatic amines is 1. The van der Waals surface area contributed by atoms with Gasteiger partial charge in [-0.15, -0.1) is 0 Å². The van der Waals surface area contributed by atoms with E-state index >= 15 is 0 Å². The normalized spacial score (nSPS) is 11.7. The average molecular weight is 487 g/mol. The number of hydrogen-bond donors (Lipinski definition) is 3. The van der Waals surface area contributed by atoms with Gasteiger partial charge in [0.2, 0.25) is 0 Å². The molecule has 5 nitrogen and oxygen atoms in total. The Bertz CT molecular complexity index is 1380. The van der Waals surface area contributed by atoms with Gasteiger partial charge >= 0.3 is 0 Å². The summed E-state index contributed by atoms with van der Waals surface area (Å²) in [6.07, 6.45) is 2.30. The number of carbonyl (C=O) groups is 1. The van der Waals surface area contributed by atoms with Crippen molar-refractivity contribution >= 4 is 28.4 Å². The summed E-state index contributed by atoms with van der Waals surface area (Å²) in [5, 5.41) is 14.7. The van der Waals surface area contributed by atoms with Gasteiger partial charge in [-0.05, 0) is 74.4 Å². The lowest BCUT2D eigenvalue weighted by Gasteiger charge is -2.19. The number of amides is 1. The molecule has 0 saturated carbocycles. The number of H-pyrrole nitrogens is 1. The van der Waals surface area contributed by atoms with Gasteiger partial charge in [0, 0.05) is 33.2 Å². The number of rotatable bonds is 7. The fourth-order valence-corrected chi connectivity index (χ4v) is 3.94. The zero-order valence-corrected chi connectivity index (χ0v) is 20.4. The van der Waals surface area contributed by atoms with E-state index in [1.54, 1.807) is 24.3 Å². The van der Waals surface area contributed by atoms with Crippen LogP contribution in [0.5, 0.6) is 5.75 Å². The molecule has 0 radical (unpaired) electrons. The molecule has 3 aromatic carbocycles. The summed E-state index contributed by atoms with van der Waals surface area (Å²) >= 11 is 5.94. The third-order valence-corrected chi connectivity index (χ3v) is 5.73. The van der Waals surface area contributed by atoms with Crippen LogP contribution >= 0.6 is 11.6 Å². The van der Waals surface area contributed by atoms with Gasteiger partial charge in [-0.25, -0.2) is 0 Å². The van der Waals surface area contributed by atoms with Crippen LogP contribution in [0.4, 0.5) is 0 Å². The largest absolute Gasteiger partial charge is 0.490 e. The van der Waals surface area contributed by atoms with Crippen LogP contribution in [-0.2, 0) is 6.42 Å². The summed E-state index contributed by atoms with van der Waals surface area (Å²) in [6, 6.07) is 20.1. The lowest BCUT2D eigenvalue weighted by Crippen LogP contribution is -2.39. The third kappa shape index (κ3) is 6.24. The van der Waals surface area contributed by atoms with Crippen molar-refractivity contribution in [2.75, 3.05) is 6.61 Å². The highest BCUT2D eigenvalue weighted by Crippen LogP contribution is 2.23. The number of nitrogens with one attached hydrogen (secondary N) is 2. The van der Waals surface area contributed by atoms with Crippen LogP contribution in [0.3, 0.4) is 0 Å². The minimum absolute atomic E-state index is 0.104. The number of benzene rings is 3. The van der Waals surface area contributed by atoms with Gasteiger partial charge in [0.1, 0.15) is 5.75 Å². The summed E-state index contributed by atoms with van der Waals surface area (Å²) in [7, 11) is 0. The Kier molecular flexibility index (Phi) is 7.77. The fraction of sp³-hybridized carbons (Fsp3) is 0.207. The maximum atomic E-state index is 13.3. The summed E-state index contributed by atoms with van der Waals surface area (Å²) in [5.74, 6) is 6.33. The Morgan fingerprint density at radius 3 is 2.51 bits per heavy atom. The second-order valence-corrected chi connectivity index (χ2v) is 8.99. The zero-order chi connectivity index (χ0) is 24.8. The van der Waals surface area contributed by atoms with Gasteiger partial charge in [0.25, 0.3) is 5.91 Å². The molecule has 6 heteroatoms. The summed E-state index contributed by atoms with van der Waals surface area (Å²) in [4.78, 5) is 16.5. The first kappa shape index (κ1) is 24.4. The van der Waals surface area contributed by atoms with E-state index in [0.717, 1.165) is 22.0 Å². The smallest absolute Gasteiger partial charge is 0.255 e. The Balaban J connectivity index is 1.57. The number of hydrogen-bond acceptors (Lipinski definition) is 3. The molecule has 1 heterocycles. The van der Waals surface area contributed by atoms with Crippen LogP contribution < -0.4 is 10.1 Å². The monoisotopic (exact) mass is 486 g/mol. The maximum absolute atomic E-state index is 13.3. The molecule has 0 spiro atoms. The molecule has 1 aromatic heterocycles. The van der Waals surface area contributed by atoms with Gasteiger partial charge in [-0.2, -0.15) is 0 Å². The molecule has 3 N–H and O–H groups in total. The van der Waals surface area contributed by atoms with Gasteiger partial charge in [0.05, 0.1) is 24.3 Å². The van der Waals surface area contributed by atoms with Crippen LogP contribution in [0.15, 0.2) is 72.9 Å². The predicted molar refractivity (Wildman–Crippen MR) is 140 cm³/mol. The number of aromatic nitrogens is 1. The molecule has 1 amide bonds. The Morgan fingerprint density at radius 2 is 1.77 bits per heavy atom. The van der Waals surface area contributed by atoms with Crippen molar-refractivity contribution in [2.24, 2.45) is 0 Å². The van der Waals surface area contributed by atoms with Crippen molar-refractivity contribution in [2.45, 2.75) is 32.4 Å². The SMILES string of the molecule is CC(C)Oc1ccc(C#Cc2ccc(Cl)cc2)cc1C(=O)N[C@@H](CO)Cc1c[nH]c2ccccc12. The molecule has 4 aromatic rings. The number of aliphatic hydroxyl groups is 1. The van der Waals surface area contributed by atoms with E-state index in [2.05, 4.69) is 22.1 Å². The molecule has 0 aliphatic carbocycles. The van der Waals surface area contributed by atoms with E-state index in [9.17, 15) is 9.90 Å². The highest BCUT2D eigenvalue weighted by molar-refractivity contribution is 6.30. The van der Waals surface area contributed by atoms with Crippen LogP contribution in [0.25, 0.3) is 10.9 Å². The number of carbonyl (C=O) groups excluding carboxylic acids is 1. The number of halogens is 1. The minimum atomic E-state index is -0.461. The van der Waals surface area contributed by atoms with E-state index in [4.69, 9.17) is 16.3 Å². The molecule has 0 unspecified atom stereocenters. The highest BCUT2D eigenvalue weighted by atomic mass is 35.5. The van der Waals surface area contributed by atoms with Crippen LogP contribution in [0.1, 0.15) is 40.9 Å². The summed E-state index contributed by atoms with van der Waals surface area (Å²) in [5.41, 5.74) is 3.92. The molecular weight excluding hydrogens is 460 g/mol. The number of aliphatic hydroxyl groups excluding tert-OH is 1. The first-order valence-electron chi connectivity index (χ1n) is 11.5. The average Bonchev–Trinajstić information content (AvgIpc) is 3.26. The van der Waals surface area contributed by atoms with Crippen molar-refractivity contribution in [3.8, 4) is 17.6 Å². The standard InChI is InChI=1S/C29H27ClN2O3/c1-19(2)35-28-14-11-21(8-7-20-9-12-23(30)13-10-20)15-26(28)29(34)32-24(18-33)16-22-17-31-27-6-4-3-5-25(22)27/h3-6,9-15,17,19,24,31,33H,16,18H2,1-2H3,(H,32,34)/t24-/m1/s1. The quantitative estimate of drug-likeness (QED) is 0.309. The van der Waals surface area contributed by atoms with E-state index in [-0.39, 0.29) is 18.6 Å². The van der Waals surface area contributed by atoms with Crippen molar-refractivity contribution in [3.05, 3.63) is 100 Å². The van der Waals surface area contributed by atoms with Crippen LogP contribution in [0, 0.1) is 11.8 Å². The fourth-order valence-electron chi connectivity index (χ4n) is 3.81. The molecule has 1 atom stereocenters. The van der Waals surface area contributed by atoms with Gasteiger partial charge in [0.15, 0.2) is 0 Å². The summed E-state index contributed by atoms with van der Waals surface area (Å²) < 4.78 is 5.88. The second-order valence-electron chi connectivity index (χ2n) is 8.55. The molecule has 0 aliphatic heterocycles. The third-order valence-electron chi connectivity index (χ3n) is 5.48. The summed E-state index contributed by atoms with van der Waals surface area (Å²) in [6.45, 7) is 3.62. The first-order valence-corrected chi connectivity index (χ1v) is 11.9. The predicted octanol–water partition coefficient (Wildman–Crippen LogP) is 5.34. The lowest BCUT2D eigenvalue weighted by molar-refractivity contribution is 0.0910. The lowest BCUT2D eigenvalue weighted by atomic mass is 10.0. The zero-order valence-electron chi connectivity index (χ0n) is 19.6. The first-order chi connectivity index (χ1) is 16.9. The highest BCUT2D eigenvalue weighted by Gasteiger charge is 2.19. The van der Waals surface area contributed by atoms with Gasteiger partial charge < -0.3 is 20.1 Å². The molecule has 178 valence electrons. The Hall–Kier alpha value is -3.72. The molecule has 4 rings (SSSR count). The number of fused-ring (bicyclic) bond motifs is 1. The van der Waals surface area contributed by atoms with E-state index < -0.39 is 6.04 Å². The Labute approximate surface area is 210 Å². The van der Waals surface area contributed by atoms with Gasteiger partial charge in [-0.3, -0.25) is 4.79 Å². The van der Waals surface area contributed by atoms with Crippen molar-refractivity contribution < 1.29 is 14.6 Å². The minimum Gasteiger partial charge on any atom is -0.490 e. The number of ether oxygens (including phenoxy) is 1. The van der Waals surface area contributed by atoms with Crippen molar-refractivity contribution in [1.29, 1.82) is 0 Å². The van der Waals surface area contributed by atoms with Crippen molar-refractivity contribution in [3.63, 3.8) is 0 Å². The van der Waals surface area contributed by atoms with E-state index in [0.29, 0.717) is 28.3 Å². The Morgan fingerprint density at radius 1 is 1.06 bits per heavy atom. The molecule has 0 bridgehead atoms. The maximum Gasteiger partial charge on any atom is 0.255 e. The van der Waals surface area contributed by atoms with Crippen LogP contribution in [0.2, 0.25) is 5.02 Å². The number of para-hydroxylation sites is 1. The molecular formula is C29H27ClN2O3. The molecule has 0 fully saturated rings. The molecule has 0 aliphatic rings. The van der Waals surface area contributed by atoms with E-state index in [1.165, 1.54) is 0 Å². The van der Waals surface area contributed by atoms with Crippen LogP contribution in [-0.4, -0.2) is 34.8 Å². The van der Waals surface area contributed by atoms with Crippen molar-refractivity contribution in [1.82, 2.24) is 10.3 Å². The second kappa shape index (κ2) is 11.1. The van der Waals surface area contributed by atoms with E-state index in [1.807, 2.05) is 62.5 Å². The van der Waals surface area contributed by atoms with Gasteiger partial charge in [-0.1, -0.05) is 41.6 Å².